The standard InChI is InChI=1S/C25H29IN8O3/c1-36-21-14-17-20(15-22(21)37-2)29-25(30-24(17)27)34-11-9-33(10-12-34)23(35)6-4-3-5-16-7-8-19(31-32-28)18(26)13-16/h7-8,13-15H,3-6,9-12H2,1-2H3,(H2,27,29,30). The number of nitrogen functional groups attached to an aromatic ring is 1. The Kier molecular flexibility index (Phi) is 8.72. The maximum Gasteiger partial charge on any atom is 0.228 e. The Bertz CT molecular complexity index is 1340. The van der Waals surface area contributed by atoms with Crippen LogP contribution in [-0.2, 0) is 11.2 Å². The van der Waals surface area contributed by atoms with Crippen LogP contribution in [0.25, 0.3) is 21.3 Å². The maximum atomic E-state index is 12.8. The molecule has 0 unspecified atom stereocenters. The van der Waals surface area contributed by atoms with E-state index in [4.69, 9.17) is 25.7 Å². The molecule has 0 radical (unpaired) electrons. The van der Waals surface area contributed by atoms with Crippen LogP contribution in [0.2, 0.25) is 0 Å². The molecule has 3 aromatic rings. The number of fused-ring (bicyclic) bond motifs is 1. The average Bonchev–Trinajstić information content (AvgIpc) is 2.91. The van der Waals surface area contributed by atoms with Gasteiger partial charge in [0.25, 0.3) is 0 Å². The van der Waals surface area contributed by atoms with E-state index in [1.165, 1.54) is 5.56 Å². The van der Waals surface area contributed by atoms with E-state index in [0.717, 1.165) is 22.8 Å². The maximum absolute atomic E-state index is 12.8. The first-order valence-electron chi connectivity index (χ1n) is 12.0. The van der Waals surface area contributed by atoms with Gasteiger partial charge in [0.2, 0.25) is 11.9 Å². The summed E-state index contributed by atoms with van der Waals surface area (Å²) in [4.78, 5) is 28.8. The second kappa shape index (κ2) is 12.2. The summed E-state index contributed by atoms with van der Waals surface area (Å²) in [7, 11) is 3.15. The fourth-order valence-corrected chi connectivity index (χ4v) is 5.05. The Balaban J connectivity index is 1.29. The first-order chi connectivity index (χ1) is 17.9. The number of piperazine rings is 1. The van der Waals surface area contributed by atoms with E-state index >= 15 is 0 Å². The Morgan fingerprint density at radius 1 is 1.11 bits per heavy atom. The number of nitrogens with two attached hydrogens (primary N) is 1. The van der Waals surface area contributed by atoms with Gasteiger partial charge in [0.05, 0.1) is 25.4 Å². The van der Waals surface area contributed by atoms with Gasteiger partial charge in [-0.05, 0) is 65.1 Å². The molecule has 1 aromatic heterocycles. The second-order valence-electron chi connectivity index (χ2n) is 8.68. The highest BCUT2D eigenvalue weighted by atomic mass is 127. The molecule has 0 spiro atoms. The summed E-state index contributed by atoms with van der Waals surface area (Å²) in [6.45, 7) is 2.51. The van der Waals surface area contributed by atoms with Gasteiger partial charge in [0.1, 0.15) is 5.82 Å². The van der Waals surface area contributed by atoms with E-state index in [0.29, 0.717) is 72.5 Å². The lowest BCUT2D eigenvalue weighted by molar-refractivity contribution is -0.131. The minimum absolute atomic E-state index is 0.170. The Morgan fingerprint density at radius 3 is 2.51 bits per heavy atom. The number of benzene rings is 2. The predicted molar refractivity (Wildman–Crippen MR) is 151 cm³/mol. The highest BCUT2D eigenvalue weighted by molar-refractivity contribution is 14.1. The minimum atomic E-state index is 0.170. The molecule has 194 valence electrons. The van der Waals surface area contributed by atoms with Crippen LogP contribution in [-0.4, -0.2) is 61.2 Å². The number of rotatable bonds is 9. The topological polar surface area (TPSA) is 143 Å². The van der Waals surface area contributed by atoms with Gasteiger partial charge in [-0.3, -0.25) is 4.79 Å². The van der Waals surface area contributed by atoms with Crippen molar-refractivity contribution in [2.45, 2.75) is 25.7 Å². The highest BCUT2D eigenvalue weighted by Crippen LogP contribution is 2.34. The number of aromatic nitrogens is 2. The van der Waals surface area contributed by atoms with Crippen LogP contribution in [0, 0.1) is 3.57 Å². The highest BCUT2D eigenvalue weighted by Gasteiger charge is 2.23. The van der Waals surface area contributed by atoms with Crippen LogP contribution in [0.1, 0.15) is 24.8 Å². The summed E-state index contributed by atoms with van der Waals surface area (Å²) in [6, 6.07) is 9.41. The van der Waals surface area contributed by atoms with Crippen LogP contribution in [0.15, 0.2) is 35.4 Å². The number of aryl methyl sites for hydroxylation is 1. The number of ether oxygens (including phenoxy) is 2. The van der Waals surface area contributed by atoms with Gasteiger partial charge < -0.3 is 25.0 Å². The lowest BCUT2D eigenvalue weighted by atomic mass is 10.1. The summed E-state index contributed by atoms with van der Waals surface area (Å²) >= 11 is 2.17. The number of carbonyl (C=O) groups excluding carboxylic acids is 1. The molecule has 0 bridgehead atoms. The first kappa shape index (κ1) is 26.6. The molecule has 37 heavy (non-hydrogen) atoms. The van der Waals surface area contributed by atoms with E-state index < -0.39 is 0 Å². The van der Waals surface area contributed by atoms with Gasteiger partial charge in [0, 0.05) is 52.5 Å². The van der Waals surface area contributed by atoms with Gasteiger partial charge in [-0.15, -0.1) is 0 Å². The van der Waals surface area contributed by atoms with E-state index in [9.17, 15) is 4.79 Å². The normalized spacial score (nSPS) is 13.4. The number of methoxy groups -OCH3 is 2. The van der Waals surface area contributed by atoms with Crippen molar-refractivity contribution in [3.05, 3.63) is 49.9 Å². The fraction of sp³-hybridized carbons (Fsp3) is 0.400. The van der Waals surface area contributed by atoms with Gasteiger partial charge in [-0.1, -0.05) is 17.2 Å². The molecular formula is C25H29IN8O3. The summed E-state index contributed by atoms with van der Waals surface area (Å²) < 4.78 is 11.7. The molecule has 1 aliphatic heterocycles. The zero-order chi connectivity index (χ0) is 26.4. The van der Waals surface area contributed by atoms with E-state index in [1.54, 1.807) is 26.4 Å². The lowest BCUT2D eigenvalue weighted by Crippen LogP contribution is -2.49. The van der Waals surface area contributed by atoms with E-state index in [-0.39, 0.29) is 5.91 Å². The van der Waals surface area contributed by atoms with Gasteiger partial charge >= 0.3 is 0 Å². The second-order valence-corrected chi connectivity index (χ2v) is 9.85. The first-order valence-corrected chi connectivity index (χ1v) is 13.1. The summed E-state index contributed by atoms with van der Waals surface area (Å²) in [6.07, 6.45) is 3.14. The van der Waals surface area contributed by atoms with Crippen LogP contribution in [0.3, 0.4) is 0 Å². The molecular weight excluding hydrogens is 587 g/mol. The molecule has 0 atom stereocenters. The smallest absolute Gasteiger partial charge is 0.228 e. The summed E-state index contributed by atoms with van der Waals surface area (Å²) in [5, 5.41) is 4.38. The quantitative estimate of drug-likeness (QED) is 0.119. The van der Waals surface area contributed by atoms with Crippen LogP contribution in [0.4, 0.5) is 17.5 Å². The number of halogens is 1. The van der Waals surface area contributed by atoms with Crippen LogP contribution < -0.4 is 20.1 Å². The summed E-state index contributed by atoms with van der Waals surface area (Å²) in [5.41, 5.74) is 17.3. The predicted octanol–water partition coefficient (Wildman–Crippen LogP) is 4.84. The Labute approximate surface area is 228 Å². The zero-order valence-electron chi connectivity index (χ0n) is 20.9. The summed E-state index contributed by atoms with van der Waals surface area (Å²) in [5.74, 6) is 2.24. The molecule has 11 nitrogen and oxygen atoms in total. The molecule has 12 heteroatoms. The molecule has 0 aliphatic carbocycles. The van der Waals surface area contributed by atoms with Crippen LogP contribution >= 0.6 is 22.6 Å². The van der Waals surface area contributed by atoms with Crippen LogP contribution in [0.5, 0.6) is 11.5 Å². The third-order valence-electron chi connectivity index (χ3n) is 6.40. The lowest BCUT2D eigenvalue weighted by Gasteiger charge is -2.35. The Morgan fingerprint density at radius 2 is 1.84 bits per heavy atom. The van der Waals surface area contributed by atoms with Gasteiger partial charge in [-0.2, -0.15) is 4.98 Å². The molecule has 2 N–H and O–H groups in total. The fourth-order valence-electron chi connectivity index (χ4n) is 4.36. The van der Waals surface area contributed by atoms with Crippen molar-refractivity contribution in [1.82, 2.24) is 14.9 Å². The molecule has 1 fully saturated rings. The molecule has 0 saturated carbocycles. The van der Waals surface area contributed by atoms with Crippen molar-refractivity contribution in [1.29, 1.82) is 0 Å². The number of anilines is 2. The molecule has 1 amide bonds. The van der Waals surface area contributed by atoms with Crippen molar-refractivity contribution in [2.75, 3.05) is 51.0 Å². The number of azide groups is 1. The van der Waals surface area contributed by atoms with Crippen molar-refractivity contribution in [3.63, 3.8) is 0 Å². The number of nitrogens with zero attached hydrogens (tertiary/aromatic N) is 7. The molecule has 2 aromatic carbocycles. The zero-order valence-corrected chi connectivity index (χ0v) is 23.0. The number of amides is 1. The number of hydrogen-bond donors (Lipinski definition) is 1. The van der Waals surface area contributed by atoms with Gasteiger partial charge in [-0.25, -0.2) is 4.98 Å². The average molecular weight is 616 g/mol. The monoisotopic (exact) mass is 616 g/mol. The molecule has 2 heterocycles. The van der Waals surface area contributed by atoms with Crippen molar-refractivity contribution >= 4 is 56.9 Å². The third-order valence-corrected chi connectivity index (χ3v) is 7.27. The van der Waals surface area contributed by atoms with Crippen molar-refractivity contribution in [3.8, 4) is 11.5 Å². The van der Waals surface area contributed by atoms with Crippen molar-refractivity contribution < 1.29 is 14.3 Å². The number of unbranched alkanes of at least 4 members (excludes halogenated alkanes) is 1. The molecule has 1 saturated heterocycles. The van der Waals surface area contributed by atoms with E-state index in [1.807, 2.05) is 23.1 Å². The molecule has 1 aliphatic rings. The van der Waals surface area contributed by atoms with Crippen molar-refractivity contribution in [2.24, 2.45) is 5.11 Å². The largest absolute Gasteiger partial charge is 0.493 e. The van der Waals surface area contributed by atoms with E-state index in [2.05, 4.69) is 42.5 Å². The number of hydrogen-bond acceptors (Lipinski definition) is 8. The third kappa shape index (κ3) is 6.25. The minimum Gasteiger partial charge on any atom is -0.493 e. The Hall–Kier alpha value is -3.51. The molecule has 4 rings (SSSR count). The number of carbonyl (C=O) groups is 1. The SMILES string of the molecule is COc1cc2nc(N3CCN(C(=O)CCCCc4ccc(N=[N+]=[N-])c(I)c4)CC3)nc(N)c2cc1OC. The van der Waals surface area contributed by atoms with Gasteiger partial charge in [0.15, 0.2) is 11.5 Å².